The summed E-state index contributed by atoms with van der Waals surface area (Å²) in [6, 6.07) is 16.9. The molecule has 0 unspecified atom stereocenters. The van der Waals surface area contributed by atoms with Gasteiger partial charge in [0, 0.05) is 37.6 Å². The summed E-state index contributed by atoms with van der Waals surface area (Å²) in [5, 5.41) is 0. The Morgan fingerprint density at radius 1 is 0.962 bits per heavy atom. The van der Waals surface area contributed by atoms with Crippen LogP contribution in [0.4, 0.5) is 11.4 Å². The Labute approximate surface area is 156 Å². The highest BCUT2D eigenvalue weighted by molar-refractivity contribution is 5.96. The molecule has 4 nitrogen and oxygen atoms in total. The lowest BCUT2D eigenvalue weighted by atomic mass is 10.1. The molecule has 2 aliphatic heterocycles. The number of amides is 1. The van der Waals surface area contributed by atoms with Crippen molar-refractivity contribution >= 4 is 17.3 Å². The molecule has 0 aliphatic carbocycles. The van der Waals surface area contributed by atoms with Crippen LogP contribution in [0.25, 0.3) is 0 Å². The summed E-state index contributed by atoms with van der Waals surface area (Å²) in [7, 11) is 2.04. The second-order valence-corrected chi connectivity index (χ2v) is 7.42. The minimum absolute atomic E-state index is 0.191. The first-order valence-corrected chi connectivity index (χ1v) is 9.62. The van der Waals surface area contributed by atoms with Crippen molar-refractivity contribution in [2.24, 2.45) is 0 Å². The van der Waals surface area contributed by atoms with Gasteiger partial charge in [-0.25, -0.2) is 0 Å². The number of hydrogen-bond donors (Lipinski definition) is 0. The van der Waals surface area contributed by atoms with Crippen molar-refractivity contribution in [1.29, 1.82) is 0 Å². The second-order valence-electron chi connectivity index (χ2n) is 7.42. The molecule has 4 heteroatoms. The van der Waals surface area contributed by atoms with Gasteiger partial charge in [0.15, 0.2) is 0 Å². The standard InChI is InChI=1S/C22H27N3O/c1-23(16-19-9-3-4-10-20(19)24-13-6-7-14-24)17-22(26)25-15-12-18-8-2-5-11-21(18)25/h2-5,8-11H,6-7,12-17H2,1H3. The summed E-state index contributed by atoms with van der Waals surface area (Å²) in [5.41, 5.74) is 5.01. The van der Waals surface area contributed by atoms with E-state index >= 15 is 0 Å². The maximum atomic E-state index is 12.8. The molecule has 2 heterocycles. The predicted octanol–water partition coefficient (Wildman–Crippen LogP) is 3.31. The van der Waals surface area contributed by atoms with Crippen molar-refractivity contribution in [3.63, 3.8) is 0 Å². The van der Waals surface area contributed by atoms with Crippen molar-refractivity contribution in [3.05, 3.63) is 59.7 Å². The highest BCUT2D eigenvalue weighted by atomic mass is 16.2. The number of nitrogens with zero attached hydrogens (tertiary/aromatic N) is 3. The quantitative estimate of drug-likeness (QED) is 0.829. The third kappa shape index (κ3) is 3.47. The fraction of sp³-hybridized carbons (Fsp3) is 0.409. The number of anilines is 2. The highest BCUT2D eigenvalue weighted by Gasteiger charge is 2.25. The van der Waals surface area contributed by atoms with E-state index in [1.54, 1.807) is 0 Å². The van der Waals surface area contributed by atoms with Crippen LogP contribution in [-0.4, -0.2) is 44.0 Å². The molecule has 4 rings (SSSR count). The van der Waals surface area contributed by atoms with Crippen molar-refractivity contribution < 1.29 is 4.79 Å². The zero-order valence-corrected chi connectivity index (χ0v) is 15.5. The minimum atomic E-state index is 0.191. The molecule has 0 bridgehead atoms. The van der Waals surface area contributed by atoms with Crippen molar-refractivity contribution in [2.75, 3.05) is 43.0 Å². The molecule has 0 N–H and O–H groups in total. The van der Waals surface area contributed by atoms with Gasteiger partial charge < -0.3 is 9.80 Å². The summed E-state index contributed by atoms with van der Waals surface area (Å²) in [6.45, 7) is 4.33. The molecule has 2 aromatic rings. The van der Waals surface area contributed by atoms with Gasteiger partial charge in [-0.3, -0.25) is 9.69 Å². The predicted molar refractivity (Wildman–Crippen MR) is 107 cm³/mol. The molecule has 2 aliphatic rings. The number of para-hydroxylation sites is 2. The van der Waals surface area contributed by atoms with Gasteiger partial charge in [0.25, 0.3) is 0 Å². The molecule has 136 valence electrons. The summed E-state index contributed by atoms with van der Waals surface area (Å²) >= 11 is 0. The van der Waals surface area contributed by atoms with E-state index < -0.39 is 0 Å². The molecule has 0 atom stereocenters. The topological polar surface area (TPSA) is 26.8 Å². The van der Waals surface area contributed by atoms with Gasteiger partial charge in [0.05, 0.1) is 6.54 Å². The monoisotopic (exact) mass is 349 g/mol. The molecule has 2 aromatic carbocycles. The first kappa shape index (κ1) is 17.1. The smallest absolute Gasteiger partial charge is 0.241 e. The van der Waals surface area contributed by atoms with Gasteiger partial charge in [-0.05, 0) is 49.6 Å². The van der Waals surface area contributed by atoms with Crippen LogP contribution in [0.3, 0.4) is 0 Å². The van der Waals surface area contributed by atoms with Crippen LogP contribution in [-0.2, 0) is 17.8 Å². The van der Waals surface area contributed by atoms with Gasteiger partial charge in [0.1, 0.15) is 0 Å². The maximum absolute atomic E-state index is 12.8. The molecular formula is C22H27N3O. The van der Waals surface area contributed by atoms with Gasteiger partial charge in [-0.15, -0.1) is 0 Å². The Kier molecular flexibility index (Phi) is 4.93. The van der Waals surface area contributed by atoms with Crippen molar-refractivity contribution in [3.8, 4) is 0 Å². The van der Waals surface area contributed by atoms with Crippen LogP contribution >= 0.6 is 0 Å². The van der Waals surface area contributed by atoms with Crippen LogP contribution in [0, 0.1) is 0 Å². The lowest BCUT2D eigenvalue weighted by Crippen LogP contribution is -2.38. The van der Waals surface area contributed by atoms with E-state index in [2.05, 4.69) is 46.2 Å². The van der Waals surface area contributed by atoms with Gasteiger partial charge >= 0.3 is 0 Å². The lowest BCUT2D eigenvalue weighted by molar-refractivity contribution is -0.119. The molecule has 0 aromatic heterocycles. The van der Waals surface area contributed by atoms with E-state index in [9.17, 15) is 4.79 Å². The molecule has 26 heavy (non-hydrogen) atoms. The average Bonchev–Trinajstić information content (AvgIpc) is 3.32. The Bertz CT molecular complexity index is 782. The number of fused-ring (bicyclic) bond motifs is 1. The first-order chi connectivity index (χ1) is 12.7. The van der Waals surface area contributed by atoms with Gasteiger partial charge in [-0.1, -0.05) is 36.4 Å². The second kappa shape index (κ2) is 7.50. The number of rotatable bonds is 5. The summed E-state index contributed by atoms with van der Waals surface area (Å²) in [5.74, 6) is 0.191. The molecule has 0 radical (unpaired) electrons. The summed E-state index contributed by atoms with van der Waals surface area (Å²) in [6.07, 6.45) is 3.51. The van der Waals surface area contributed by atoms with E-state index in [1.807, 2.05) is 24.1 Å². The maximum Gasteiger partial charge on any atom is 0.241 e. The van der Waals surface area contributed by atoms with E-state index in [0.717, 1.165) is 38.3 Å². The van der Waals surface area contributed by atoms with Crippen molar-refractivity contribution in [2.45, 2.75) is 25.8 Å². The first-order valence-electron chi connectivity index (χ1n) is 9.62. The van der Waals surface area contributed by atoms with Crippen LogP contribution in [0.5, 0.6) is 0 Å². The number of benzene rings is 2. The zero-order chi connectivity index (χ0) is 17.9. The lowest BCUT2D eigenvalue weighted by Gasteiger charge is -2.25. The minimum Gasteiger partial charge on any atom is -0.371 e. The zero-order valence-electron chi connectivity index (χ0n) is 15.5. The van der Waals surface area contributed by atoms with Crippen LogP contribution in [0.1, 0.15) is 24.0 Å². The van der Waals surface area contributed by atoms with Gasteiger partial charge in [-0.2, -0.15) is 0 Å². The number of likely N-dealkylation sites (N-methyl/N-ethyl adjacent to an activating group) is 1. The molecular weight excluding hydrogens is 322 g/mol. The van der Waals surface area contributed by atoms with E-state index in [0.29, 0.717) is 6.54 Å². The van der Waals surface area contributed by atoms with E-state index in [1.165, 1.54) is 29.7 Å². The fourth-order valence-corrected chi connectivity index (χ4v) is 4.17. The Balaban J connectivity index is 1.42. The third-order valence-electron chi connectivity index (χ3n) is 5.47. The largest absolute Gasteiger partial charge is 0.371 e. The van der Waals surface area contributed by atoms with E-state index in [4.69, 9.17) is 0 Å². The SMILES string of the molecule is CN(CC(=O)N1CCc2ccccc21)Cc1ccccc1N1CCCC1. The Morgan fingerprint density at radius 2 is 1.65 bits per heavy atom. The summed E-state index contributed by atoms with van der Waals surface area (Å²) in [4.78, 5) is 19.4. The number of carbonyl (C=O) groups excluding carboxylic acids is 1. The van der Waals surface area contributed by atoms with Crippen LogP contribution in [0.2, 0.25) is 0 Å². The summed E-state index contributed by atoms with van der Waals surface area (Å²) < 4.78 is 0. The molecule has 0 spiro atoms. The molecule has 1 saturated heterocycles. The Hall–Kier alpha value is -2.33. The molecule has 1 fully saturated rings. The molecule has 1 amide bonds. The van der Waals surface area contributed by atoms with E-state index in [-0.39, 0.29) is 5.91 Å². The number of hydrogen-bond acceptors (Lipinski definition) is 3. The van der Waals surface area contributed by atoms with Gasteiger partial charge in [0.2, 0.25) is 5.91 Å². The normalized spacial score (nSPS) is 16.4. The fourth-order valence-electron chi connectivity index (χ4n) is 4.17. The average molecular weight is 349 g/mol. The van der Waals surface area contributed by atoms with Crippen LogP contribution in [0.15, 0.2) is 48.5 Å². The van der Waals surface area contributed by atoms with Crippen LogP contribution < -0.4 is 9.80 Å². The molecule has 0 saturated carbocycles. The number of carbonyl (C=O) groups is 1. The Morgan fingerprint density at radius 3 is 2.46 bits per heavy atom. The van der Waals surface area contributed by atoms with Crippen molar-refractivity contribution in [1.82, 2.24) is 4.90 Å². The third-order valence-corrected chi connectivity index (χ3v) is 5.47. The highest BCUT2D eigenvalue weighted by Crippen LogP contribution is 2.28.